The van der Waals surface area contributed by atoms with Gasteiger partial charge in [0.2, 0.25) is 5.91 Å². The molecule has 0 aliphatic carbocycles. The molecule has 2 fully saturated rings. The van der Waals surface area contributed by atoms with Gasteiger partial charge in [0, 0.05) is 18.5 Å². The van der Waals surface area contributed by atoms with Crippen LogP contribution >= 0.6 is 0 Å². The minimum Gasteiger partial charge on any atom is -0.337 e. The van der Waals surface area contributed by atoms with Gasteiger partial charge in [-0.05, 0) is 38.5 Å². The summed E-state index contributed by atoms with van der Waals surface area (Å²) in [6, 6.07) is 1.19. The Kier molecular flexibility index (Phi) is 5.27. The molecule has 2 heteroatoms. The van der Waals surface area contributed by atoms with Crippen LogP contribution in [0.3, 0.4) is 0 Å². The van der Waals surface area contributed by atoms with Gasteiger partial charge in [-0.25, -0.2) is 0 Å². The van der Waals surface area contributed by atoms with Gasteiger partial charge in [0.1, 0.15) is 0 Å². The van der Waals surface area contributed by atoms with Gasteiger partial charge in [0.05, 0.1) is 0 Å². The van der Waals surface area contributed by atoms with Crippen molar-refractivity contribution in [3.05, 3.63) is 12.7 Å². The lowest BCUT2D eigenvalue weighted by Crippen LogP contribution is -2.34. The summed E-state index contributed by atoms with van der Waals surface area (Å²) in [5, 5.41) is 0. The second-order valence-corrected chi connectivity index (χ2v) is 5.86. The third-order valence-electron chi connectivity index (χ3n) is 4.54. The maximum Gasteiger partial charge on any atom is 0.223 e. The summed E-state index contributed by atoms with van der Waals surface area (Å²) >= 11 is 0. The highest BCUT2D eigenvalue weighted by molar-refractivity contribution is 5.79. The van der Waals surface area contributed by atoms with Gasteiger partial charge >= 0.3 is 0 Å². The lowest BCUT2D eigenvalue weighted by Gasteiger charge is -2.24. The number of hydrogen-bond acceptors (Lipinski definition) is 1. The van der Waals surface area contributed by atoms with Crippen molar-refractivity contribution >= 4 is 5.91 Å². The largest absolute Gasteiger partial charge is 0.337 e. The predicted octanol–water partition coefficient (Wildman–Crippen LogP) is 4.06. The lowest BCUT2D eigenvalue weighted by molar-refractivity contribution is -0.129. The maximum absolute atomic E-state index is 11.8. The topological polar surface area (TPSA) is 20.3 Å². The zero-order chi connectivity index (χ0) is 12.8. The van der Waals surface area contributed by atoms with Crippen molar-refractivity contribution in [2.24, 2.45) is 0 Å². The second-order valence-electron chi connectivity index (χ2n) is 5.86. The molecule has 18 heavy (non-hydrogen) atoms. The Hall–Kier alpha value is -0.790. The summed E-state index contributed by atoms with van der Waals surface area (Å²) in [5.74, 6) is 0.425. The molecule has 2 saturated heterocycles. The average molecular weight is 249 g/mol. The van der Waals surface area contributed by atoms with E-state index in [1.807, 2.05) is 6.08 Å². The molecule has 2 nitrogen and oxygen atoms in total. The Morgan fingerprint density at radius 3 is 2.72 bits per heavy atom. The number of allylic oxidation sites excluding steroid dienone is 1. The van der Waals surface area contributed by atoms with E-state index in [-0.39, 0.29) is 0 Å². The van der Waals surface area contributed by atoms with E-state index in [1.54, 1.807) is 0 Å². The van der Waals surface area contributed by atoms with Crippen LogP contribution in [0.1, 0.15) is 70.6 Å². The SMILES string of the molecule is C=CCCCCCCCC1CCC2CCC(=O)N12. The highest BCUT2D eigenvalue weighted by atomic mass is 16.2. The zero-order valence-corrected chi connectivity index (χ0v) is 11.6. The third-order valence-corrected chi connectivity index (χ3v) is 4.54. The van der Waals surface area contributed by atoms with Gasteiger partial charge in [0.15, 0.2) is 0 Å². The van der Waals surface area contributed by atoms with Gasteiger partial charge in [-0.15, -0.1) is 6.58 Å². The summed E-state index contributed by atoms with van der Waals surface area (Å²) in [4.78, 5) is 14.0. The van der Waals surface area contributed by atoms with Gasteiger partial charge in [-0.1, -0.05) is 31.8 Å². The number of nitrogens with zero attached hydrogens (tertiary/aromatic N) is 1. The van der Waals surface area contributed by atoms with Gasteiger partial charge in [0.25, 0.3) is 0 Å². The molecule has 2 aliphatic rings. The number of amides is 1. The van der Waals surface area contributed by atoms with Crippen molar-refractivity contribution in [2.75, 3.05) is 0 Å². The van der Waals surface area contributed by atoms with Crippen molar-refractivity contribution < 1.29 is 4.79 Å². The first-order valence-electron chi connectivity index (χ1n) is 7.75. The summed E-state index contributed by atoms with van der Waals surface area (Å²) in [7, 11) is 0. The van der Waals surface area contributed by atoms with Crippen LogP contribution in [0.25, 0.3) is 0 Å². The maximum atomic E-state index is 11.8. The van der Waals surface area contributed by atoms with Gasteiger partial charge < -0.3 is 4.90 Å². The molecule has 1 amide bonds. The minimum absolute atomic E-state index is 0.425. The molecular formula is C16H27NO. The first kappa shape index (κ1) is 13.6. The van der Waals surface area contributed by atoms with Crippen molar-refractivity contribution in [2.45, 2.75) is 82.7 Å². The van der Waals surface area contributed by atoms with Gasteiger partial charge in [-0.3, -0.25) is 4.79 Å². The van der Waals surface area contributed by atoms with Crippen LogP contribution < -0.4 is 0 Å². The summed E-state index contributed by atoms with van der Waals surface area (Å²) in [6.45, 7) is 3.75. The first-order chi connectivity index (χ1) is 8.83. The number of carbonyl (C=O) groups excluding carboxylic acids is 1. The lowest BCUT2D eigenvalue weighted by atomic mass is 10.0. The normalized spacial score (nSPS) is 26.7. The smallest absolute Gasteiger partial charge is 0.223 e. The van der Waals surface area contributed by atoms with Crippen molar-refractivity contribution in [3.63, 3.8) is 0 Å². The first-order valence-corrected chi connectivity index (χ1v) is 7.75. The molecule has 102 valence electrons. The zero-order valence-electron chi connectivity index (χ0n) is 11.6. The molecule has 2 rings (SSSR count). The monoisotopic (exact) mass is 249 g/mol. The Morgan fingerprint density at radius 2 is 1.89 bits per heavy atom. The predicted molar refractivity (Wildman–Crippen MR) is 75.4 cm³/mol. The molecule has 0 radical (unpaired) electrons. The van der Waals surface area contributed by atoms with Crippen LogP contribution in [0.5, 0.6) is 0 Å². The number of rotatable bonds is 8. The molecule has 2 unspecified atom stereocenters. The van der Waals surface area contributed by atoms with E-state index in [2.05, 4.69) is 11.5 Å². The molecule has 0 aromatic rings. The summed E-state index contributed by atoms with van der Waals surface area (Å²) in [5.41, 5.74) is 0. The Balaban J connectivity index is 1.57. The Morgan fingerprint density at radius 1 is 1.11 bits per heavy atom. The second kappa shape index (κ2) is 6.96. The quantitative estimate of drug-likeness (QED) is 0.469. The van der Waals surface area contributed by atoms with Crippen LogP contribution in [0.2, 0.25) is 0 Å². The fourth-order valence-electron chi connectivity index (χ4n) is 3.55. The number of unbranched alkanes of at least 4 members (excludes halogenated alkanes) is 5. The number of hydrogen-bond donors (Lipinski definition) is 0. The van der Waals surface area contributed by atoms with E-state index in [0.717, 1.165) is 19.3 Å². The Labute approximate surface area is 111 Å². The molecule has 2 aliphatic heterocycles. The number of carbonyl (C=O) groups is 1. The molecule has 0 bridgehead atoms. The van der Waals surface area contributed by atoms with E-state index in [1.165, 1.54) is 51.4 Å². The summed E-state index contributed by atoms with van der Waals surface area (Å²) in [6.07, 6.45) is 15.5. The molecular weight excluding hydrogens is 222 g/mol. The third kappa shape index (κ3) is 3.37. The molecule has 0 N–H and O–H groups in total. The molecule has 2 atom stereocenters. The highest BCUT2D eigenvalue weighted by Crippen LogP contribution is 2.35. The fourth-order valence-corrected chi connectivity index (χ4v) is 3.55. The molecule has 0 spiro atoms. The molecule has 0 aromatic carbocycles. The van der Waals surface area contributed by atoms with Crippen molar-refractivity contribution in [1.29, 1.82) is 0 Å². The summed E-state index contributed by atoms with van der Waals surface area (Å²) < 4.78 is 0. The van der Waals surface area contributed by atoms with Crippen LogP contribution in [0, 0.1) is 0 Å². The molecule has 0 aromatic heterocycles. The van der Waals surface area contributed by atoms with Crippen LogP contribution in [0.15, 0.2) is 12.7 Å². The van der Waals surface area contributed by atoms with E-state index in [4.69, 9.17) is 0 Å². The van der Waals surface area contributed by atoms with Crippen molar-refractivity contribution in [1.82, 2.24) is 4.90 Å². The van der Waals surface area contributed by atoms with E-state index < -0.39 is 0 Å². The van der Waals surface area contributed by atoms with Crippen LogP contribution in [0.4, 0.5) is 0 Å². The molecule has 0 saturated carbocycles. The fraction of sp³-hybridized carbons (Fsp3) is 0.812. The highest BCUT2D eigenvalue weighted by Gasteiger charge is 2.40. The average Bonchev–Trinajstić information content (AvgIpc) is 2.93. The van der Waals surface area contributed by atoms with Crippen LogP contribution in [-0.4, -0.2) is 22.9 Å². The van der Waals surface area contributed by atoms with Crippen LogP contribution in [-0.2, 0) is 4.79 Å². The van der Waals surface area contributed by atoms with E-state index in [9.17, 15) is 4.79 Å². The standard InChI is InChI=1S/C16H27NO/c1-2-3-4-5-6-7-8-9-14-10-11-15-12-13-16(18)17(14)15/h2,14-15H,1,3-13H2. The van der Waals surface area contributed by atoms with E-state index in [0.29, 0.717) is 18.0 Å². The van der Waals surface area contributed by atoms with Crippen molar-refractivity contribution in [3.8, 4) is 0 Å². The number of fused-ring (bicyclic) bond motifs is 1. The minimum atomic E-state index is 0.425. The Bertz CT molecular complexity index is 287. The van der Waals surface area contributed by atoms with E-state index >= 15 is 0 Å². The molecule has 2 heterocycles. The van der Waals surface area contributed by atoms with Gasteiger partial charge in [-0.2, -0.15) is 0 Å².